The second-order valence-electron chi connectivity index (χ2n) is 3.99. The normalized spacial score (nSPS) is 13.1. The number of hydrogen-bond donors (Lipinski definition) is 1. The first kappa shape index (κ1) is 14.9. The fourth-order valence-electron chi connectivity index (χ4n) is 1.43. The van der Waals surface area contributed by atoms with Crippen molar-refractivity contribution < 1.29 is 9.13 Å². The summed E-state index contributed by atoms with van der Waals surface area (Å²) in [5.41, 5.74) is 0.515. The molecule has 0 aromatic heterocycles. The van der Waals surface area contributed by atoms with E-state index in [2.05, 4.69) is 21.2 Å². The van der Waals surface area contributed by atoms with E-state index < -0.39 is 5.82 Å². The summed E-state index contributed by atoms with van der Waals surface area (Å²) < 4.78 is 20.0. The fraction of sp³-hybridized carbons (Fsp3) is 0.500. The molecule has 0 saturated carbocycles. The Labute approximate surface area is 115 Å². The maximum atomic E-state index is 14.0. The predicted octanol–water partition coefficient (Wildman–Crippen LogP) is 3.93. The zero-order valence-corrected chi connectivity index (χ0v) is 12.4. The zero-order valence-electron chi connectivity index (χ0n) is 10.1. The van der Waals surface area contributed by atoms with Crippen molar-refractivity contribution in [3.63, 3.8) is 0 Å². The first-order valence-electron chi connectivity index (χ1n) is 5.39. The number of hydrogen-bond acceptors (Lipinski definition) is 2. The zero-order chi connectivity index (χ0) is 13.0. The van der Waals surface area contributed by atoms with Gasteiger partial charge in [-0.2, -0.15) is 0 Å². The Balaban J connectivity index is 2.92. The Bertz CT molecular complexity index is 387. The average molecular weight is 325 g/mol. The first-order chi connectivity index (χ1) is 7.97. The van der Waals surface area contributed by atoms with Gasteiger partial charge in [-0.05, 0) is 42.9 Å². The van der Waals surface area contributed by atoms with Crippen LogP contribution in [0.5, 0.6) is 0 Å². The summed E-state index contributed by atoms with van der Waals surface area (Å²) >= 11 is 9.05. The minimum atomic E-state index is -0.409. The van der Waals surface area contributed by atoms with Gasteiger partial charge in [0.25, 0.3) is 0 Å². The van der Waals surface area contributed by atoms with Gasteiger partial charge < -0.3 is 10.1 Å². The highest BCUT2D eigenvalue weighted by Crippen LogP contribution is 2.30. The third-order valence-corrected chi connectivity index (χ3v) is 3.64. The molecule has 0 aliphatic heterocycles. The van der Waals surface area contributed by atoms with Crippen LogP contribution in [0.1, 0.15) is 25.5 Å². The number of halogens is 3. The van der Waals surface area contributed by atoms with E-state index in [-0.39, 0.29) is 17.2 Å². The second kappa shape index (κ2) is 6.69. The fourth-order valence-corrected chi connectivity index (χ4v) is 1.91. The Morgan fingerprint density at radius 2 is 2.12 bits per heavy atom. The van der Waals surface area contributed by atoms with Crippen LogP contribution in [-0.4, -0.2) is 19.8 Å². The van der Waals surface area contributed by atoms with Crippen LogP contribution in [0, 0.1) is 5.82 Å². The van der Waals surface area contributed by atoms with Crippen molar-refractivity contribution in [2.75, 3.05) is 13.7 Å². The van der Waals surface area contributed by atoms with E-state index in [1.165, 1.54) is 0 Å². The Morgan fingerprint density at radius 3 is 2.65 bits per heavy atom. The van der Waals surface area contributed by atoms with Crippen LogP contribution in [0.2, 0.25) is 5.02 Å². The third-order valence-electron chi connectivity index (χ3n) is 2.39. The van der Waals surface area contributed by atoms with Crippen LogP contribution in [-0.2, 0) is 4.74 Å². The Morgan fingerprint density at radius 1 is 1.47 bits per heavy atom. The summed E-state index contributed by atoms with van der Waals surface area (Å²) in [6.07, 6.45) is 0.111. The highest BCUT2D eigenvalue weighted by molar-refractivity contribution is 9.10. The molecule has 1 aromatic rings. The molecule has 0 aliphatic carbocycles. The summed E-state index contributed by atoms with van der Waals surface area (Å²) in [6, 6.07) is 3.24. The minimum absolute atomic E-state index is 0.104. The lowest BCUT2D eigenvalue weighted by Gasteiger charge is -2.19. The lowest BCUT2D eigenvalue weighted by Crippen LogP contribution is -2.24. The van der Waals surface area contributed by atoms with E-state index >= 15 is 0 Å². The Kier molecular flexibility index (Phi) is 5.86. The highest BCUT2D eigenvalue weighted by atomic mass is 79.9. The minimum Gasteiger partial charge on any atom is -0.377 e. The predicted molar refractivity (Wildman–Crippen MR) is 72.0 cm³/mol. The number of benzene rings is 1. The molecule has 1 N–H and O–H groups in total. The van der Waals surface area contributed by atoms with E-state index in [9.17, 15) is 4.39 Å². The van der Waals surface area contributed by atoms with Crippen molar-refractivity contribution in [3.8, 4) is 0 Å². The summed E-state index contributed by atoms with van der Waals surface area (Å²) in [5.74, 6) is -0.409. The van der Waals surface area contributed by atoms with Gasteiger partial charge in [0.1, 0.15) is 5.82 Å². The molecular weight excluding hydrogens is 308 g/mol. The molecule has 0 heterocycles. The standard InChI is InChI=1S/C12H16BrClFNO/c1-7(2)17-6-10(16-3)8-4-5-9(13)11(14)12(8)15/h4-5,7,10,16H,6H2,1-3H3. The third kappa shape index (κ3) is 3.91. The first-order valence-corrected chi connectivity index (χ1v) is 6.56. The van der Waals surface area contributed by atoms with Crippen LogP contribution < -0.4 is 5.32 Å². The van der Waals surface area contributed by atoms with Crippen molar-refractivity contribution >= 4 is 27.5 Å². The molecule has 17 heavy (non-hydrogen) atoms. The molecule has 0 spiro atoms. The van der Waals surface area contributed by atoms with Gasteiger partial charge in [0.05, 0.1) is 23.8 Å². The quantitative estimate of drug-likeness (QED) is 0.829. The van der Waals surface area contributed by atoms with Gasteiger partial charge >= 0.3 is 0 Å². The van der Waals surface area contributed by atoms with Crippen molar-refractivity contribution in [2.45, 2.75) is 26.0 Å². The SMILES string of the molecule is CNC(COC(C)C)c1ccc(Br)c(Cl)c1F. The molecule has 1 rings (SSSR count). The number of nitrogens with one attached hydrogen (secondary N) is 1. The summed E-state index contributed by atoms with van der Waals surface area (Å²) in [4.78, 5) is 0. The van der Waals surface area contributed by atoms with Crippen LogP contribution >= 0.6 is 27.5 Å². The van der Waals surface area contributed by atoms with Gasteiger partial charge in [0.15, 0.2) is 0 Å². The smallest absolute Gasteiger partial charge is 0.147 e. The topological polar surface area (TPSA) is 21.3 Å². The van der Waals surface area contributed by atoms with E-state index in [0.717, 1.165) is 0 Å². The van der Waals surface area contributed by atoms with Crippen LogP contribution in [0.25, 0.3) is 0 Å². The molecule has 1 unspecified atom stereocenters. The number of ether oxygens (including phenoxy) is 1. The summed E-state index contributed by atoms with van der Waals surface area (Å²) in [6.45, 7) is 4.29. The number of rotatable bonds is 5. The second-order valence-corrected chi connectivity index (χ2v) is 5.22. The van der Waals surface area contributed by atoms with Gasteiger partial charge in [-0.15, -0.1) is 0 Å². The van der Waals surface area contributed by atoms with Crippen molar-refractivity contribution in [3.05, 3.63) is 33.0 Å². The van der Waals surface area contributed by atoms with Gasteiger partial charge in [-0.1, -0.05) is 17.7 Å². The average Bonchev–Trinajstić information content (AvgIpc) is 2.29. The van der Waals surface area contributed by atoms with E-state index in [0.29, 0.717) is 16.6 Å². The molecule has 0 amide bonds. The van der Waals surface area contributed by atoms with Gasteiger partial charge in [-0.25, -0.2) is 4.39 Å². The van der Waals surface area contributed by atoms with Crippen LogP contribution in [0.3, 0.4) is 0 Å². The van der Waals surface area contributed by atoms with Gasteiger partial charge in [-0.3, -0.25) is 0 Å². The van der Waals surface area contributed by atoms with Gasteiger partial charge in [0, 0.05) is 10.0 Å². The molecule has 0 fully saturated rings. The summed E-state index contributed by atoms with van der Waals surface area (Å²) in [7, 11) is 1.77. The molecule has 1 atom stereocenters. The van der Waals surface area contributed by atoms with Gasteiger partial charge in [0.2, 0.25) is 0 Å². The van der Waals surface area contributed by atoms with Crippen molar-refractivity contribution in [1.82, 2.24) is 5.32 Å². The monoisotopic (exact) mass is 323 g/mol. The molecule has 5 heteroatoms. The molecule has 2 nitrogen and oxygen atoms in total. The Hall–Kier alpha value is -0.160. The van der Waals surface area contributed by atoms with Crippen LogP contribution in [0.4, 0.5) is 4.39 Å². The molecule has 0 saturated heterocycles. The molecule has 0 radical (unpaired) electrons. The van der Waals surface area contributed by atoms with Crippen molar-refractivity contribution in [1.29, 1.82) is 0 Å². The lowest BCUT2D eigenvalue weighted by atomic mass is 10.1. The molecule has 0 aliphatic rings. The summed E-state index contributed by atoms with van der Waals surface area (Å²) in [5, 5.41) is 3.13. The van der Waals surface area contributed by atoms with Crippen molar-refractivity contribution in [2.24, 2.45) is 0 Å². The molecular formula is C12H16BrClFNO. The number of likely N-dealkylation sites (N-methyl/N-ethyl adjacent to an activating group) is 1. The van der Waals surface area contributed by atoms with E-state index in [1.807, 2.05) is 13.8 Å². The highest BCUT2D eigenvalue weighted by Gasteiger charge is 2.18. The molecule has 1 aromatic carbocycles. The van der Waals surface area contributed by atoms with E-state index in [4.69, 9.17) is 16.3 Å². The lowest BCUT2D eigenvalue weighted by molar-refractivity contribution is 0.0619. The van der Waals surface area contributed by atoms with E-state index in [1.54, 1.807) is 19.2 Å². The maximum Gasteiger partial charge on any atom is 0.147 e. The molecule has 0 bridgehead atoms. The van der Waals surface area contributed by atoms with Crippen LogP contribution in [0.15, 0.2) is 16.6 Å². The largest absolute Gasteiger partial charge is 0.377 e. The molecule has 96 valence electrons. The maximum absolute atomic E-state index is 14.0.